The Hall–Kier alpha value is -4.20. The van der Waals surface area contributed by atoms with Gasteiger partial charge in [0.05, 0.1) is 35.9 Å². The quantitative estimate of drug-likeness (QED) is 0.380. The average Bonchev–Trinajstić information content (AvgIpc) is 3.49. The van der Waals surface area contributed by atoms with Gasteiger partial charge >= 0.3 is 0 Å². The predicted molar refractivity (Wildman–Crippen MR) is 129 cm³/mol. The van der Waals surface area contributed by atoms with Crippen LogP contribution >= 0.6 is 0 Å². The van der Waals surface area contributed by atoms with Crippen LogP contribution in [0.25, 0.3) is 33.5 Å². The van der Waals surface area contributed by atoms with Gasteiger partial charge in [-0.3, -0.25) is 14.8 Å². The first-order valence-corrected chi connectivity index (χ1v) is 10.8. The number of fused-ring (bicyclic) bond motifs is 1. The van der Waals surface area contributed by atoms with Gasteiger partial charge in [-0.1, -0.05) is 12.1 Å². The highest BCUT2D eigenvalue weighted by Gasteiger charge is 2.19. The lowest BCUT2D eigenvalue weighted by Crippen LogP contribution is -2.11. The molecule has 1 aromatic carbocycles. The molecule has 0 spiro atoms. The first-order valence-electron chi connectivity index (χ1n) is 10.8. The fourth-order valence-electron chi connectivity index (χ4n) is 3.85. The van der Waals surface area contributed by atoms with E-state index < -0.39 is 0 Å². The van der Waals surface area contributed by atoms with Crippen LogP contribution in [0, 0.1) is 0 Å². The maximum Gasteiger partial charge on any atom is 0.137 e. The third-order valence-corrected chi connectivity index (χ3v) is 5.38. The minimum atomic E-state index is 0.226. The molecule has 0 radical (unpaired) electrons. The molecule has 0 fully saturated rings. The summed E-state index contributed by atoms with van der Waals surface area (Å²) in [7, 11) is 1.67. The van der Waals surface area contributed by atoms with Crippen LogP contribution in [0.5, 0.6) is 5.75 Å². The molecule has 0 unspecified atom stereocenters. The lowest BCUT2D eigenvalue weighted by molar-refractivity contribution is 0.414. The van der Waals surface area contributed by atoms with Gasteiger partial charge in [-0.2, -0.15) is 10.2 Å². The molecule has 0 atom stereocenters. The van der Waals surface area contributed by atoms with Crippen molar-refractivity contribution >= 4 is 16.7 Å². The number of ether oxygens (including phenoxy) is 1. The van der Waals surface area contributed by atoms with Gasteiger partial charge in [-0.25, -0.2) is 4.98 Å². The summed E-state index contributed by atoms with van der Waals surface area (Å²) in [6.07, 6.45) is 5.42. The van der Waals surface area contributed by atoms with Crippen molar-refractivity contribution in [3.63, 3.8) is 0 Å². The lowest BCUT2D eigenvalue weighted by atomic mass is 10.1. The molecule has 0 saturated carbocycles. The molecule has 4 heterocycles. The number of H-pyrrole nitrogens is 1. The van der Waals surface area contributed by atoms with E-state index in [0.717, 1.165) is 50.7 Å². The molecule has 5 aromatic rings. The molecule has 2 N–H and O–H groups in total. The van der Waals surface area contributed by atoms with E-state index in [1.54, 1.807) is 13.3 Å². The summed E-state index contributed by atoms with van der Waals surface area (Å²) in [5.74, 6) is 1.63. The van der Waals surface area contributed by atoms with Gasteiger partial charge in [0.1, 0.15) is 17.3 Å². The number of aromatic amines is 1. The van der Waals surface area contributed by atoms with E-state index in [0.29, 0.717) is 6.54 Å². The van der Waals surface area contributed by atoms with Crippen molar-refractivity contribution in [3.05, 3.63) is 72.7 Å². The number of nitrogens with zero attached hydrogens (tertiary/aromatic N) is 5. The summed E-state index contributed by atoms with van der Waals surface area (Å²) in [6, 6.07) is 16.2. The molecule has 0 aliphatic rings. The minimum absolute atomic E-state index is 0.226. The molecule has 0 amide bonds. The topological polar surface area (TPSA) is 93.5 Å². The Bertz CT molecular complexity index is 1370. The molecule has 0 aliphatic heterocycles. The Kier molecular flexibility index (Phi) is 5.48. The van der Waals surface area contributed by atoms with Crippen LogP contribution in [0.15, 0.2) is 67.1 Å². The first-order chi connectivity index (χ1) is 16.1. The molecule has 0 saturated heterocycles. The number of hydrogen-bond donors (Lipinski definition) is 2. The Morgan fingerprint density at radius 1 is 1.00 bits per heavy atom. The highest BCUT2D eigenvalue weighted by Crippen LogP contribution is 2.33. The number of benzene rings is 1. The number of methoxy groups -OCH3 is 1. The summed E-state index contributed by atoms with van der Waals surface area (Å²) >= 11 is 0. The predicted octanol–water partition coefficient (Wildman–Crippen LogP) is 4.76. The summed E-state index contributed by atoms with van der Waals surface area (Å²) in [5.41, 5.74) is 5.51. The number of nitrogens with one attached hydrogen (secondary N) is 2. The van der Waals surface area contributed by atoms with E-state index in [2.05, 4.69) is 51.5 Å². The zero-order chi connectivity index (χ0) is 22.8. The second-order valence-corrected chi connectivity index (χ2v) is 8.10. The van der Waals surface area contributed by atoms with E-state index >= 15 is 0 Å². The second-order valence-electron chi connectivity index (χ2n) is 8.10. The number of hydrogen-bond acceptors (Lipinski definition) is 6. The Balaban J connectivity index is 1.65. The molecular formula is C25H25N7O. The smallest absolute Gasteiger partial charge is 0.137 e. The van der Waals surface area contributed by atoms with Crippen LogP contribution in [0.1, 0.15) is 19.4 Å². The average molecular weight is 440 g/mol. The van der Waals surface area contributed by atoms with Crippen LogP contribution in [-0.2, 0) is 6.54 Å². The van der Waals surface area contributed by atoms with Gasteiger partial charge in [0.25, 0.3) is 0 Å². The number of rotatable bonds is 7. The van der Waals surface area contributed by atoms with E-state index in [1.165, 1.54) is 0 Å². The molecule has 8 nitrogen and oxygen atoms in total. The third kappa shape index (κ3) is 4.15. The van der Waals surface area contributed by atoms with Gasteiger partial charge in [-0.15, -0.1) is 0 Å². The summed E-state index contributed by atoms with van der Waals surface area (Å²) in [5, 5.41) is 16.6. The molecule has 8 heteroatoms. The third-order valence-electron chi connectivity index (χ3n) is 5.38. The molecule has 0 aliphatic carbocycles. The van der Waals surface area contributed by atoms with Crippen molar-refractivity contribution < 1.29 is 4.74 Å². The maximum absolute atomic E-state index is 5.29. The van der Waals surface area contributed by atoms with Crippen LogP contribution in [0.4, 0.5) is 5.82 Å². The van der Waals surface area contributed by atoms with E-state index in [1.807, 2.05) is 53.5 Å². The summed E-state index contributed by atoms with van der Waals surface area (Å²) in [4.78, 5) is 9.27. The fraction of sp³-hybridized carbons (Fsp3) is 0.200. The first kappa shape index (κ1) is 20.7. The minimum Gasteiger partial charge on any atom is -0.497 e. The SMILES string of the molecule is COc1ccc(Cn2nc(-c3cc(-c4cc[nH]n4)ccn3)c3c(NC(C)C)nccc32)cc1. The molecule has 5 rings (SSSR count). The van der Waals surface area contributed by atoms with Crippen LogP contribution < -0.4 is 10.1 Å². The van der Waals surface area contributed by atoms with Gasteiger partial charge in [-0.05, 0) is 55.8 Å². The zero-order valence-corrected chi connectivity index (χ0v) is 18.8. The van der Waals surface area contributed by atoms with Crippen molar-refractivity contribution in [3.8, 4) is 28.4 Å². The molecule has 0 bridgehead atoms. The van der Waals surface area contributed by atoms with Gasteiger partial charge in [0.15, 0.2) is 0 Å². The largest absolute Gasteiger partial charge is 0.497 e. The highest BCUT2D eigenvalue weighted by atomic mass is 16.5. The van der Waals surface area contributed by atoms with E-state index in [4.69, 9.17) is 9.84 Å². The standard InChI is InChI=1S/C25H25N7O/c1-16(2)29-25-23-22(10-12-27-25)32(15-17-4-6-19(33-3)7-5-17)31-24(23)21-14-18(8-11-26-21)20-9-13-28-30-20/h4-14,16H,15H2,1-3H3,(H,27,29)(H,28,30). The Morgan fingerprint density at radius 3 is 2.55 bits per heavy atom. The van der Waals surface area contributed by atoms with Crippen LogP contribution in [0.3, 0.4) is 0 Å². The molecular weight excluding hydrogens is 414 g/mol. The van der Waals surface area contributed by atoms with Gasteiger partial charge < -0.3 is 10.1 Å². The second kappa shape index (κ2) is 8.74. The van der Waals surface area contributed by atoms with Crippen molar-refractivity contribution in [2.75, 3.05) is 12.4 Å². The van der Waals surface area contributed by atoms with E-state index in [9.17, 15) is 0 Å². The maximum atomic E-state index is 5.29. The van der Waals surface area contributed by atoms with E-state index in [-0.39, 0.29) is 6.04 Å². The Morgan fingerprint density at radius 2 is 1.82 bits per heavy atom. The van der Waals surface area contributed by atoms with Crippen molar-refractivity contribution in [2.45, 2.75) is 26.4 Å². The number of aromatic nitrogens is 6. The van der Waals surface area contributed by atoms with Gasteiger partial charge in [0, 0.05) is 30.2 Å². The fourth-order valence-corrected chi connectivity index (χ4v) is 3.85. The van der Waals surface area contributed by atoms with Crippen molar-refractivity contribution in [1.29, 1.82) is 0 Å². The zero-order valence-electron chi connectivity index (χ0n) is 18.8. The molecule has 166 valence electrons. The summed E-state index contributed by atoms with van der Waals surface area (Å²) in [6.45, 7) is 4.81. The molecule has 33 heavy (non-hydrogen) atoms. The highest BCUT2D eigenvalue weighted by molar-refractivity contribution is 6.00. The number of pyridine rings is 2. The molecule has 4 aromatic heterocycles. The van der Waals surface area contributed by atoms with Crippen LogP contribution in [0.2, 0.25) is 0 Å². The number of anilines is 1. The monoisotopic (exact) mass is 439 g/mol. The summed E-state index contributed by atoms with van der Waals surface area (Å²) < 4.78 is 7.29. The van der Waals surface area contributed by atoms with Gasteiger partial charge in [0.2, 0.25) is 0 Å². The van der Waals surface area contributed by atoms with Crippen LogP contribution in [-0.4, -0.2) is 43.1 Å². The Labute approximate surface area is 191 Å². The van der Waals surface area contributed by atoms with Crippen molar-refractivity contribution in [1.82, 2.24) is 29.9 Å². The van der Waals surface area contributed by atoms with Crippen molar-refractivity contribution in [2.24, 2.45) is 0 Å². The normalized spacial score (nSPS) is 11.3. The lowest BCUT2D eigenvalue weighted by Gasteiger charge is -2.11.